The summed E-state index contributed by atoms with van der Waals surface area (Å²) in [5, 5.41) is 14.8. The molecule has 1 spiro atoms. The maximum atomic E-state index is 14.8. The Morgan fingerprint density at radius 3 is 2.64 bits per heavy atom. The summed E-state index contributed by atoms with van der Waals surface area (Å²) in [5.41, 5.74) is 1.20. The Morgan fingerprint density at radius 2 is 1.89 bits per heavy atom. The van der Waals surface area contributed by atoms with Crippen LogP contribution in [-0.4, -0.2) is 35.2 Å². The third-order valence-corrected chi connectivity index (χ3v) is 8.41. The van der Waals surface area contributed by atoms with E-state index < -0.39 is 16.9 Å². The number of likely N-dealkylation sites (tertiary alicyclic amines) is 1. The van der Waals surface area contributed by atoms with E-state index in [1.54, 1.807) is 6.20 Å². The van der Waals surface area contributed by atoms with Crippen molar-refractivity contribution in [3.05, 3.63) is 99.7 Å². The Bertz CT molecular complexity index is 1600. The van der Waals surface area contributed by atoms with E-state index in [4.69, 9.17) is 0 Å². The van der Waals surface area contributed by atoms with Gasteiger partial charge in [0, 0.05) is 50.8 Å². The number of hydrogen-bond donors (Lipinski definition) is 2. The third-order valence-electron chi connectivity index (χ3n) is 7.92. The number of carbonyl (C=O) groups excluding carboxylic acids is 2. The average Bonchev–Trinajstić information content (AvgIpc) is 3.51. The highest BCUT2D eigenvalue weighted by Gasteiger charge is 2.74. The molecule has 0 aliphatic carbocycles. The summed E-state index contributed by atoms with van der Waals surface area (Å²) in [6.07, 6.45) is 1.67. The first kappa shape index (κ1) is 22.7. The predicted octanol–water partition coefficient (Wildman–Crippen LogP) is 5.51. The van der Waals surface area contributed by atoms with E-state index in [1.807, 2.05) is 85.6 Å². The molecule has 0 bridgehead atoms. The van der Waals surface area contributed by atoms with E-state index in [-0.39, 0.29) is 11.7 Å². The number of amides is 1. The molecule has 0 saturated carbocycles. The molecule has 2 aliphatic rings. The van der Waals surface area contributed by atoms with Crippen LogP contribution in [0.5, 0.6) is 0 Å². The molecule has 6 rings (SSSR count). The number of Topliss-reactive ketones (excluding diaryl/α,β-unsaturated/α-hetero) is 1. The van der Waals surface area contributed by atoms with Crippen LogP contribution >= 0.6 is 15.9 Å². The van der Waals surface area contributed by atoms with Crippen molar-refractivity contribution in [2.45, 2.75) is 18.4 Å². The number of H-pyrrole nitrogens is 1. The normalized spacial score (nSPS) is 25.2. The lowest BCUT2D eigenvalue weighted by Gasteiger charge is -2.41. The summed E-state index contributed by atoms with van der Waals surface area (Å²) < 4.78 is 0.805. The summed E-state index contributed by atoms with van der Waals surface area (Å²) in [4.78, 5) is 33.9. The number of aromatic nitrogens is 1. The molecule has 1 saturated heterocycles. The number of carbonyl (C=O) groups is 2. The second kappa shape index (κ2) is 7.89. The fraction of sp³-hybridized carbons (Fsp3) is 0.207. The number of halogens is 1. The van der Waals surface area contributed by atoms with Gasteiger partial charge in [-0.1, -0.05) is 70.0 Å². The molecule has 36 heavy (non-hydrogen) atoms. The molecule has 4 aromatic rings. The van der Waals surface area contributed by atoms with Crippen LogP contribution in [0.25, 0.3) is 10.9 Å². The van der Waals surface area contributed by atoms with Gasteiger partial charge in [0.25, 0.3) is 5.91 Å². The number of likely N-dealkylation sites (N-methyl/N-ethyl adjacent to an activating group) is 1. The number of anilines is 1. The molecule has 7 heteroatoms. The van der Waals surface area contributed by atoms with Crippen molar-refractivity contribution in [1.29, 1.82) is 5.26 Å². The smallest absolute Gasteiger partial charge is 0.251 e. The van der Waals surface area contributed by atoms with Gasteiger partial charge in [-0.2, -0.15) is 5.26 Å². The molecule has 0 radical (unpaired) electrons. The first-order valence-electron chi connectivity index (χ1n) is 11.8. The summed E-state index contributed by atoms with van der Waals surface area (Å²) in [5.74, 6) is -1.25. The number of hydrogen-bond acceptors (Lipinski definition) is 4. The Kier molecular flexibility index (Phi) is 4.98. The number of ketones is 1. The van der Waals surface area contributed by atoms with Crippen LogP contribution in [0.2, 0.25) is 0 Å². The van der Waals surface area contributed by atoms with E-state index >= 15 is 0 Å². The topological polar surface area (TPSA) is 89.0 Å². The second-order valence-corrected chi connectivity index (χ2v) is 10.6. The van der Waals surface area contributed by atoms with Gasteiger partial charge in [0.1, 0.15) is 0 Å². The van der Waals surface area contributed by atoms with Gasteiger partial charge in [0.05, 0.1) is 6.07 Å². The van der Waals surface area contributed by atoms with E-state index in [0.717, 1.165) is 26.5 Å². The van der Waals surface area contributed by atoms with Crippen molar-refractivity contribution in [2.75, 3.05) is 18.9 Å². The van der Waals surface area contributed by atoms with Crippen LogP contribution in [0.15, 0.2) is 77.4 Å². The van der Waals surface area contributed by atoms with Crippen molar-refractivity contribution in [3.8, 4) is 6.07 Å². The van der Waals surface area contributed by atoms with Crippen LogP contribution in [0.4, 0.5) is 5.69 Å². The van der Waals surface area contributed by atoms with Gasteiger partial charge in [-0.25, -0.2) is 0 Å². The summed E-state index contributed by atoms with van der Waals surface area (Å²) in [6.45, 7) is 2.37. The van der Waals surface area contributed by atoms with Gasteiger partial charge in [-0.15, -0.1) is 0 Å². The molecule has 3 atom stereocenters. The molecule has 3 heterocycles. The van der Waals surface area contributed by atoms with Crippen molar-refractivity contribution in [3.63, 3.8) is 0 Å². The third kappa shape index (κ3) is 2.74. The van der Waals surface area contributed by atoms with Crippen molar-refractivity contribution in [1.82, 2.24) is 9.88 Å². The highest BCUT2D eigenvalue weighted by atomic mass is 79.9. The van der Waals surface area contributed by atoms with E-state index in [0.29, 0.717) is 23.4 Å². The molecule has 1 fully saturated rings. The number of aromatic amines is 1. The molecular formula is C29H23BrN4O2. The lowest BCUT2D eigenvalue weighted by atomic mass is 9.58. The van der Waals surface area contributed by atoms with Gasteiger partial charge >= 0.3 is 0 Å². The monoisotopic (exact) mass is 538 g/mol. The zero-order valence-corrected chi connectivity index (χ0v) is 21.4. The standard InChI is InChI=1S/C29H23BrN4O2/c1-17-7-9-18(10-8-17)23-15-34(2)29(22-12-11-19(30)13-25(22)33-27(29)36)28(23,16-31)26(35)21-14-32-24-6-4-3-5-20(21)24/h3-14,23,32H,15H2,1-2H3,(H,33,36)/t23-,28+,29-/m0/s1. The van der Waals surface area contributed by atoms with Crippen LogP contribution in [0, 0.1) is 23.7 Å². The minimum atomic E-state index is -1.72. The number of nitrogens with one attached hydrogen (secondary N) is 2. The zero-order chi connectivity index (χ0) is 25.2. The van der Waals surface area contributed by atoms with Crippen molar-refractivity contribution >= 4 is 44.2 Å². The fourth-order valence-corrected chi connectivity index (χ4v) is 6.66. The number of rotatable bonds is 3. The number of nitrogens with zero attached hydrogens (tertiary/aromatic N) is 2. The lowest BCUT2D eigenvalue weighted by Crippen LogP contribution is -2.58. The Morgan fingerprint density at radius 1 is 1.14 bits per heavy atom. The molecule has 2 aliphatic heterocycles. The number of para-hydroxylation sites is 1. The maximum absolute atomic E-state index is 14.8. The number of benzene rings is 3. The van der Waals surface area contributed by atoms with E-state index in [9.17, 15) is 14.9 Å². The van der Waals surface area contributed by atoms with Gasteiger partial charge < -0.3 is 10.3 Å². The van der Waals surface area contributed by atoms with E-state index in [2.05, 4.69) is 32.3 Å². The highest BCUT2D eigenvalue weighted by Crippen LogP contribution is 2.63. The van der Waals surface area contributed by atoms with Gasteiger partial charge in [-0.05, 0) is 37.7 Å². The summed E-state index contributed by atoms with van der Waals surface area (Å²) in [6, 6.07) is 23.4. The van der Waals surface area contributed by atoms with E-state index in [1.165, 1.54) is 0 Å². The van der Waals surface area contributed by atoms with Gasteiger partial charge in [0.2, 0.25) is 0 Å². The minimum Gasteiger partial charge on any atom is -0.360 e. The molecule has 178 valence electrons. The first-order valence-corrected chi connectivity index (χ1v) is 12.6. The Labute approximate surface area is 217 Å². The van der Waals surface area contributed by atoms with Crippen LogP contribution in [-0.2, 0) is 10.3 Å². The molecule has 1 aromatic heterocycles. The number of nitriles is 1. The first-order chi connectivity index (χ1) is 17.3. The van der Waals surface area contributed by atoms with Crippen molar-refractivity contribution in [2.24, 2.45) is 5.41 Å². The number of aryl methyl sites for hydroxylation is 1. The van der Waals surface area contributed by atoms with Gasteiger partial charge in [-0.3, -0.25) is 14.5 Å². The number of fused-ring (bicyclic) bond motifs is 3. The largest absolute Gasteiger partial charge is 0.360 e. The quantitative estimate of drug-likeness (QED) is 0.336. The molecule has 3 aromatic carbocycles. The Balaban J connectivity index is 1.68. The fourth-order valence-electron chi connectivity index (χ4n) is 6.30. The van der Waals surface area contributed by atoms with Gasteiger partial charge in [0.15, 0.2) is 16.7 Å². The summed E-state index contributed by atoms with van der Waals surface area (Å²) in [7, 11) is 1.83. The van der Waals surface area contributed by atoms with Crippen LogP contribution < -0.4 is 5.32 Å². The molecular weight excluding hydrogens is 516 g/mol. The molecule has 2 N–H and O–H groups in total. The molecule has 0 unspecified atom stereocenters. The minimum absolute atomic E-state index is 0.358. The average molecular weight is 539 g/mol. The predicted molar refractivity (Wildman–Crippen MR) is 142 cm³/mol. The maximum Gasteiger partial charge on any atom is 0.251 e. The zero-order valence-electron chi connectivity index (χ0n) is 19.8. The summed E-state index contributed by atoms with van der Waals surface area (Å²) >= 11 is 3.48. The second-order valence-electron chi connectivity index (χ2n) is 9.70. The molecule has 1 amide bonds. The SMILES string of the molecule is Cc1ccc([C@@H]2CN(C)[C@@]3(C(=O)Nc4cc(Br)ccc43)[C@@]2(C#N)C(=O)c2c[nH]c3ccccc23)cc1. The highest BCUT2D eigenvalue weighted by molar-refractivity contribution is 9.10. The van der Waals surface area contributed by atoms with Crippen molar-refractivity contribution < 1.29 is 9.59 Å². The van der Waals surface area contributed by atoms with Crippen LogP contribution in [0.1, 0.15) is 33.0 Å². The lowest BCUT2D eigenvalue weighted by molar-refractivity contribution is -0.128. The Hall–Kier alpha value is -3.73. The van der Waals surface area contributed by atoms with Crippen LogP contribution in [0.3, 0.4) is 0 Å². The molecule has 6 nitrogen and oxygen atoms in total.